The Labute approximate surface area is 147 Å². The third-order valence-electron chi connectivity index (χ3n) is 5.06. The summed E-state index contributed by atoms with van der Waals surface area (Å²) in [6.45, 7) is 14.8. The van der Waals surface area contributed by atoms with Crippen molar-refractivity contribution in [2.75, 3.05) is 6.61 Å². The van der Waals surface area contributed by atoms with E-state index in [0.717, 1.165) is 5.56 Å². The van der Waals surface area contributed by atoms with Crippen LogP contribution in [0.2, 0.25) is 18.1 Å². The van der Waals surface area contributed by atoms with Crippen molar-refractivity contribution >= 4 is 8.32 Å². The van der Waals surface area contributed by atoms with Gasteiger partial charge in [-0.05, 0) is 37.5 Å². The normalized spacial score (nSPS) is 25.7. The molecule has 1 aliphatic heterocycles. The predicted octanol–water partition coefficient (Wildman–Crippen LogP) is 4.26. The fourth-order valence-corrected chi connectivity index (χ4v) is 3.98. The van der Waals surface area contributed by atoms with Crippen LogP contribution < -0.4 is 0 Å². The summed E-state index contributed by atoms with van der Waals surface area (Å²) < 4.78 is 18.7. The molecular weight excluding hydrogens is 320 g/mol. The Morgan fingerprint density at radius 1 is 1.17 bits per heavy atom. The van der Waals surface area contributed by atoms with E-state index in [1.54, 1.807) is 0 Å². The molecule has 0 amide bonds. The quantitative estimate of drug-likeness (QED) is 0.804. The molecule has 136 valence electrons. The van der Waals surface area contributed by atoms with Crippen molar-refractivity contribution in [3.8, 4) is 0 Å². The van der Waals surface area contributed by atoms with Crippen molar-refractivity contribution in [3.63, 3.8) is 0 Å². The van der Waals surface area contributed by atoms with E-state index in [1.807, 2.05) is 32.0 Å². The predicted molar refractivity (Wildman–Crippen MR) is 98.4 cm³/mol. The lowest BCUT2D eigenvalue weighted by molar-refractivity contribution is -0.156. The first kappa shape index (κ1) is 19.6. The summed E-state index contributed by atoms with van der Waals surface area (Å²) in [5.41, 5.74) is 1.06. The number of hydrogen-bond donors (Lipinski definition) is 1. The lowest BCUT2D eigenvalue weighted by Crippen LogP contribution is -2.46. The van der Waals surface area contributed by atoms with E-state index in [-0.39, 0.29) is 23.9 Å². The van der Waals surface area contributed by atoms with Crippen molar-refractivity contribution in [3.05, 3.63) is 35.9 Å². The molecule has 2 rings (SSSR count). The topological polar surface area (TPSA) is 47.9 Å². The molecule has 5 heteroatoms. The van der Waals surface area contributed by atoms with E-state index >= 15 is 0 Å². The van der Waals surface area contributed by atoms with E-state index in [2.05, 4.69) is 46.0 Å². The third kappa shape index (κ3) is 4.27. The molecule has 1 fully saturated rings. The highest BCUT2D eigenvalue weighted by Gasteiger charge is 2.49. The minimum Gasteiger partial charge on any atom is -0.407 e. The number of benzene rings is 1. The highest BCUT2D eigenvalue weighted by molar-refractivity contribution is 6.74. The van der Waals surface area contributed by atoms with E-state index in [1.165, 1.54) is 0 Å². The number of aliphatic hydroxyl groups excluding tert-OH is 1. The van der Waals surface area contributed by atoms with Crippen molar-refractivity contribution < 1.29 is 19.0 Å². The van der Waals surface area contributed by atoms with Gasteiger partial charge in [-0.3, -0.25) is 0 Å². The average Bonchev–Trinajstić information content (AvgIpc) is 2.79. The van der Waals surface area contributed by atoms with Gasteiger partial charge >= 0.3 is 0 Å². The Hall–Kier alpha value is -0.723. The summed E-state index contributed by atoms with van der Waals surface area (Å²) in [7, 11) is -2.02. The van der Waals surface area contributed by atoms with Gasteiger partial charge in [0.15, 0.2) is 14.1 Å². The molecule has 0 unspecified atom stereocenters. The Balaban J connectivity index is 2.38. The van der Waals surface area contributed by atoms with Crippen LogP contribution in [0.3, 0.4) is 0 Å². The van der Waals surface area contributed by atoms with Gasteiger partial charge in [0.05, 0.1) is 12.7 Å². The zero-order valence-corrected chi connectivity index (χ0v) is 17.0. The monoisotopic (exact) mass is 352 g/mol. The van der Waals surface area contributed by atoms with Gasteiger partial charge in [0.2, 0.25) is 0 Å². The number of hydrogen-bond acceptors (Lipinski definition) is 4. The van der Waals surface area contributed by atoms with Crippen LogP contribution in [0.25, 0.3) is 0 Å². The fraction of sp³-hybridized carbons (Fsp3) is 0.684. The van der Waals surface area contributed by atoms with E-state index in [0.29, 0.717) is 0 Å². The third-order valence-corrected chi connectivity index (χ3v) is 9.51. The molecule has 0 saturated carbocycles. The smallest absolute Gasteiger partial charge is 0.193 e. The van der Waals surface area contributed by atoms with Gasteiger partial charge in [-0.15, -0.1) is 0 Å². The first-order valence-electron chi connectivity index (χ1n) is 8.66. The minimum absolute atomic E-state index is 0.0850. The first-order valence-corrected chi connectivity index (χ1v) is 11.6. The average molecular weight is 353 g/mol. The Bertz CT molecular complexity index is 536. The minimum atomic E-state index is -2.02. The molecule has 1 aliphatic rings. The zero-order chi connectivity index (χ0) is 18.2. The maximum atomic E-state index is 9.77. The molecule has 1 saturated heterocycles. The van der Waals surface area contributed by atoms with Crippen molar-refractivity contribution in [1.29, 1.82) is 0 Å². The van der Waals surface area contributed by atoms with Gasteiger partial charge in [-0.25, -0.2) is 0 Å². The molecule has 0 aromatic heterocycles. The summed E-state index contributed by atoms with van der Waals surface area (Å²) in [5, 5.41) is 9.86. The molecular formula is C19H32O4Si. The molecule has 4 nitrogen and oxygen atoms in total. The van der Waals surface area contributed by atoms with Gasteiger partial charge in [-0.1, -0.05) is 51.1 Å². The molecule has 0 radical (unpaired) electrons. The van der Waals surface area contributed by atoms with E-state index in [9.17, 15) is 5.11 Å². The summed E-state index contributed by atoms with van der Waals surface area (Å²) in [6, 6.07) is 10.1. The number of aliphatic hydroxyl groups is 1. The van der Waals surface area contributed by atoms with E-state index < -0.39 is 20.2 Å². The van der Waals surface area contributed by atoms with Crippen LogP contribution in [0.1, 0.15) is 46.3 Å². The maximum absolute atomic E-state index is 9.77. The van der Waals surface area contributed by atoms with Crippen LogP contribution in [-0.4, -0.2) is 38.0 Å². The van der Waals surface area contributed by atoms with Crippen LogP contribution in [0.5, 0.6) is 0 Å². The van der Waals surface area contributed by atoms with Crippen molar-refractivity contribution in [1.82, 2.24) is 0 Å². The standard InChI is InChI=1S/C19H32O4Si/c1-18(2,3)24(6,7)23-16(14-11-9-8-10-12-14)17-15(13-20)21-19(4,5)22-17/h8-12,15-17,20H,13H2,1-7H3/t15-,16-,17+/m1/s1. The van der Waals surface area contributed by atoms with Crippen LogP contribution in [0.15, 0.2) is 30.3 Å². The Kier molecular flexibility index (Phi) is 5.62. The van der Waals surface area contributed by atoms with Crippen LogP contribution in [-0.2, 0) is 13.9 Å². The first-order chi connectivity index (χ1) is 11.0. The van der Waals surface area contributed by atoms with Crippen molar-refractivity contribution in [2.24, 2.45) is 0 Å². The summed E-state index contributed by atoms with van der Waals surface area (Å²) in [6.07, 6.45) is -0.984. The summed E-state index contributed by atoms with van der Waals surface area (Å²) in [5.74, 6) is -0.720. The molecule has 1 aromatic carbocycles. The SMILES string of the molecule is CC1(C)O[C@H]([C@H](O[Si](C)(C)C(C)(C)C)c2ccccc2)[C@@H](CO)O1. The van der Waals surface area contributed by atoms with Crippen LogP contribution in [0.4, 0.5) is 0 Å². The lowest BCUT2D eigenvalue weighted by Gasteiger charge is -2.41. The molecule has 24 heavy (non-hydrogen) atoms. The molecule has 0 bridgehead atoms. The van der Waals surface area contributed by atoms with Crippen molar-refractivity contribution in [2.45, 2.75) is 76.8 Å². The second-order valence-electron chi connectivity index (χ2n) is 8.53. The van der Waals surface area contributed by atoms with E-state index in [4.69, 9.17) is 13.9 Å². The van der Waals surface area contributed by atoms with Gasteiger partial charge in [-0.2, -0.15) is 0 Å². The number of rotatable bonds is 5. The molecule has 1 aromatic rings. The van der Waals surface area contributed by atoms with Gasteiger partial charge in [0, 0.05) is 0 Å². The molecule has 0 spiro atoms. The molecule has 3 atom stereocenters. The highest BCUT2D eigenvalue weighted by Crippen LogP contribution is 2.44. The number of ether oxygens (including phenoxy) is 2. The highest BCUT2D eigenvalue weighted by atomic mass is 28.4. The maximum Gasteiger partial charge on any atom is 0.193 e. The molecule has 0 aliphatic carbocycles. The largest absolute Gasteiger partial charge is 0.407 e. The van der Waals surface area contributed by atoms with Gasteiger partial charge in [0.25, 0.3) is 0 Å². The fourth-order valence-electron chi connectivity index (χ4n) is 2.72. The molecule has 1 heterocycles. The van der Waals surface area contributed by atoms with Gasteiger partial charge in [0.1, 0.15) is 12.2 Å². The second kappa shape index (κ2) is 6.88. The Morgan fingerprint density at radius 3 is 2.25 bits per heavy atom. The summed E-state index contributed by atoms with van der Waals surface area (Å²) in [4.78, 5) is 0. The van der Waals surface area contributed by atoms with Crippen LogP contribution >= 0.6 is 0 Å². The summed E-state index contributed by atoms with van der Waals surface area (Å²) >= 11 is 0. The van der Waals surface area contributed by atoms with Gasteiger partial charge < -0.3 is 19.0 Å². The Morgan fingerprint density at radius 2 is 1.75 bits per heavy atom. The zero-order valence-electron chi connectivity index (χ0n) is 16.0. The van der Waals surface area contributed by atoms with Crippen LogP contribution in [0, 0.1) is 0 Å². The molecule has 1 N–H and O–H groups in total. The second-order valence-corrected chi connectivity index (χ2v) is 13.3. The lowest BCUT2D eigenvalue weighted by atomic mass is 10.0.